The normalized spacial score (nSPS) is 11.2. The van der Waals surface area contributed by atoms with Crippen LogP contribution >= 0.6 is 0 Å². The molecule has 0 atom stereocenters. The van der Waals surface area contributed by atoms with Gasteiger partial charge in [0.15, 0.2) is 0 Å². The zero-order valence-electron chi connectivity index (χ0n) is 10.2. The van der Waals surface area contributed by atoms with Gasteiger partial charge in [-0.1, -0.05) is 12.1 Å². The summed E-state index contributed by atoms with van der Waals surface area (Å²) < 4.78 is 0. The summed E-state index contributed by atoms with van der Waals surface area (Å²) in [5.74, 6) is -0.0503. The van der Waals surface area contributed by atoms with Crippen LogP contribution in [0.2, 0.25) is 0 Å². The van der Waals surface area contributed by atoms with Gasteiger partial charge in [-0.15, -0.1) is 0 Å². The summed E-state index contributed by atoms with van der Waals surface area (Å²) in [5, 5.41) is 2.60. The maximum atomic E-state index is 11.3. The molecule has 0 saturated heterocycles. The van der Waals surface area contributed by atoms with Gasteiger partial charge in [0.25, 0.3) is 5.91 Å². The predicted molar refractivity (Wildman–Crippen MR) is 66.4 cm³/mol. The Hall–Kier alpha value is -1.35. The fourth-order valence-electron chi connectivity index (χ4n) is 1.43. The minimum absolute atomic E-state index is 0.0503. The highest BCUT2D eigenvalue weighted by molar-refractivity contribution is 5.93. The summed E-state index contributed by atoms with van der Waals surface area (Å²) in [6.45, 7) is 4.04. The van der Waals surface area contributed by atoms with Crippen LogP contribution in [-0.4, -0.2) is 18.5 Å². The van der Waals surface area contributed by atoms with Gasteiger partial charge in [0.1, 0.15) is 0 Å². The molecular formula is C13H20N2O. The number of benzene rings is 1. The van der Waals surface area contributed by atoms with Crippen LogP contribution in [0.5, 0.6) is 0 Å². The van der Waals surface area contributed by atoms with Gasteiger partial charge in [0, 0.05) is 18.2 Å². The zero-order chi connectivity index (χ0) is 12.2. The van der Waals surface area contributed by atoms with Gasteiger partial charge in [-0.25, -0.2) is 0 Å². The molecule has 3 N–H and O–H groups in total. The third-order valence-electron chi connectivity index (χ3n) is 2.50. The second-order valence-corrected chi connectivity index (χ2v) is 4.76. The number of carbonyl (C=O) groups excluding carboxylic acids is 1. The first-order chi connectivity index (χ1) is 7.42. The van der Waals surface area contributed by atoms with Crippen molar-refractivity contribution in [2.75, 3.05) is 7.05 Å². The second-order valence-electron chi connectivity index (χ2n) is 4.76. The minimum atomic E-state index is -0.139. The average Bonchev–Trinajstić information content (AvgIpc) is 2.25. The van der Waals surface area contributed by atoms with Crippen LogP contribution < -0.4 is 11.1 Å². The number of amides is 1. The molecule has 0 aliphatic rings. The van der Waals surface area contributed by atoms with Crippen LogP contribution in [0.25, 0.3) is 0 Å². The Balaban J connectivity index is 2.62. The molecule has 1 aromatic rings. The largest absolute Gasteiger partial charge is 0.355 e. The van der Waals surface area contributed by atoms with Gasteiger partial charge >= 0.3 is 0 Å². The van der Waals surface area contributed by atoms with Gasteiger partial charge in [-0.2, -0.15) is 0 Å². The van der Waals surface area contributed by atoms with E-state index in [-0.39, 0.29) is 11.4 Å². The maximum Gasteiger partial charge on any atom is 0.251 e. The van der Waals surface area contributed by atoms with Gasteiger partial charge < -0.3 is 11.1 Å². The monoisotopic (exact) mass is 220 g/mol. The van der Waals surface area contributed by atoms with Crippen molar-refractivity contribution in [3.63, 3.8) is 0 Å². The predicted octanol–water partition coefficient (Wildman–Crippen LogP) is 1.72. The Morgan fingerprint density at radius 3 is 2.31 bits per heavy atom. The van der Waals surface area contributed by atoms with Crippen molar-refractivity contribution in [1.29, 1.82) is 0 Å². The van der Waals surface area contributed by atoms with Gasteiger partial charge in [-0.3, -0.25) is 4.79 Å². The van der Waals surface area contributed by atoms with Crippen LogP contribution in [0.4, 0.5) is 0 Å². The van der Waals surface area contributed by atoms with Crippen molar-refractivity contribution in [2.45, 2.75) is 32.2 Å². The molecule has 0 fully saturated rings. The molecule has 1 rings (SSSR count). The van der Waals surface area contributed by atoms with Crippen LogP contribution in [0.3, 0.4) is 0 Å². The van der Waals surface area contributed by atoms with E-state index >= 15 is 0 Å². The lowest BCUT2D eigenvalue weighted by Gasteiger charge is -2.17. The summed E-state index contributed by atoms with van der Waals surface area (Å²) in [6, 6.07) is 7.65. The van der Waals surface area contributed by atoms with E-state index in [2.05, 4.69) is 5.32 Å². The van der Waals surface area contributed by atoms with E-state index in [1.165, 1.54) is 5.56 Å². The van der Waals surface area contributed by atoms with Crippen LogP contribution in [0, 0.1) is 0 Å². The van der Waals surface area contributed by atoms with Crippen molar-refractivity contribution in [3.05, 3.63) is 35.4 Å². The molecule has 0 saturated carbocycles. The maximum absolute atomic E-state index is 11.3. The van der Waals surface area contributed by atoms with E-state index in [1.807, 2.05) is 38.1 Å². The van der Waals surface area contributed by atoms with E-state index < -0.39 is 0 Å². The number of nitrogens with one attached hydrogen (secondary N) is 1. The highest BCUT2D eigenvalue weighted by Crippen LogP contribution is 2.12. The Labute approximate surface area is 97.0 Å². The standard InChI is InChI=1S/C13H20N2O/c1-13(2,14)9-8-10-4-6-11(7-5-10)12(16)15-3/h4-7H,8-9,14H2,1-3H3,(H,15,16). The highest BCUT2D eigenvalue weighted by Gasteiger charge is 2.10. The van der Waals surface area contributed by atoms with Gasteiger partial charge in [-0.05, 0) is 44.4 Å². The topological polar surface area (TPSA) is 55.1 Å². The molecule has 3 heteroatoms. The lowest BCUT2D eigenvalue weighted by molar-refractivity contribution is 0.0963. The Kier molecular flexibility index (Phi) is 4.07. The molecule has 0 aliphatic carbocycles. The van der Waals surface area contributed by atoms with Crippen molar-refractivity contribution < 1.29 is 4.79 Å². The quantitative estimate of drug-likeness (QED) is 0.811. The molecular weight excluding hydrogens is 200 g/mol. The number of aryl methyl sites for hydroxylation is 1. The Morgan fingerprint density at radius 1 is 1.31 bits per heavy atom. The fourth-order valence-corrected chi connectivity index (χ4v) is 1.43. The van der Waals surface area contributed by atoms with Crippen LogP contribution in [-0.2, 0) is 6.42 Å². The van der Waals surface area contributed by atoms with E-state index in [0.717, 1.165) is 12.8 Å². The summed E-state index contributed by atoms with van der Waals surface area (Å²) in [7, 11) is 1.63. The summed E-state index contributed by atoms with van der Waals surface area (Å²) in [6.07, 6.45) is 1.88. The van der Waals surface area contributed by atoms with Crippen LogP contribution in [0.1, 0.15) is 36.2 Å². The fraction of sp³-hybridized carbons (Fsp3) is 0.462. The molecule has 0 radical (unpaired) electrons. The van der Waals surface area contributed by atoms with E-state index in [0.29, 0.717) is 5.56 Å². The first kappa shape index (κ1) is 12.7. The molecule has 3 nitrogen and oxygen atoms in total. The van der Waals surface area contributed by atoms with Crippen molar-refractivity contribution in [1.82, 2.24) is 5.32 Å². The van der Waals surface area contributed by atoms with Gasteiger partial charge in [0.05, 0.1) is 0 Å². The first-order valence-electron chi connectivity index (χ1n) is 5.52. The number of rotatable bonds is 4. The second kappa shape index (κ2) is 5.12. The van der Waals surface area contributed by atoms with Crippen molar-refractivity contribution in [3.8, 4) is 0 Å². The number of carbonyl (C=O) groups is 1. The molecule has 0 heterocycles. The summed E-state index contributed by atoms with van der Waals surface area (Å²) in [4.78, 5) is 11.3. The molecule has 0 bridgehead atoms. The number of hydrogen-bond donors (Lipinski definition) is 2. The molecule has 88 valence electrons. The van der Waals surface area contributed by atoms with Crippen molar-refractivity contribution in [2.24, 2.45) is 5.73 Å². The SMILES string of the molecule is CNC(=O)c1ccc(CCC(C)(C)N)cc1. The van der Waals surface area contributed by atoms with E-state index in [1.54, 1.807) is 7.05 Å². The van der Waals surface area contributed by atoms with Crippen molar-refractivity contribution >= 4 is 5.91 Å². The molecule has 1 amide bonds. The lowest BCUT2D eigenvalue weighted by atomic mass is 9.96. The third kappa shape index (κ3) is 4.03. The molecule has 0 aliphatic heterocycles. The molecule has 0 spiro atoms. The summed E-state index contributed by atoms with van der Waals surface area (Å²) >= 11 is 0. The molecule has 0 aromatic heterocycles. The number of hydrogen-bond acceptors (Lipinski definition) is 2. The Morgan fingerprint density at radius 2 is 1.88 bits per heavy atom. The lowest BCUT2D eigenvalue weighted by Crippen LogP contribution is -2.32. The molecule has 16 heavy (non-hydrogen) atoms. The molecule has 1 aromatic carbocycles. The first-order valence-corrected chi connectivity index (χ1v) is 5.52. The van der Waals surface area contributed by atoms with Crippen LogP contribution in [0.15, 0.2) is 24.3 Å². The average molecular weight is 220 g/mol. The van der Waals surface area contributed by atoms with Gasteiger partial charge in [0.2, 0.25) is 0 Å². The zero-order valence-corrected chi connectivity index (χ0v) is 10.2. The number of nitrogens with two attached hydrogens (primary N) is 1. The Bertz CT molecular complexity index is 349. The molecule has 0 unspecified atom stereocenters. The third-order valence-corrected chi connectivity index (χ3v) is 2.50. The smallest absolute Gasteiger partial charge is 0.251 e. The van der Waals surface area contributed by atoms with E-state index in [4.69, 9.17) is 5.73 Å². The minimum Gasteiger partial charge on any atom is -0.355 e. The highest BCUT2D eigenvalue weighted by atomic mass is 16.1. The summed E-state index contributed by atoms with van der Waals surface area (Å²) in [5.41, 5.74) is 7.69. The van der Waals surface area contributed by atoms with E-state index in [9.17, 15) is 4.79 Å².